The number of aliphatic hydroxyl groups is 1. The van der Waals surface area contributed by atoms with Gasteiger partial charge in [-0.25, -0.2) is 0 Å². The van der Waals surface area contributed by atoms with E-state index in [9.17, 15) is 9.90 Å². The Morgan fingerprint density at radius 1 is 1.33 bits per heavy atom. The molecule has 0 radical (unpaired) electrons. The SMILES string of the molecule is C/C=C/C=C/C#C/C=C/C(O)CCCC(=O)OC. The van der Waals surface area contributed by atoms with Gasteiger partial charge in [0.1, 0.15) is 0 Å². The molecule has 0 aromatic rings. The molecule has 0 fully saturated rings. The molecule has 0 aliphatic carbocycles. The monoisotopic (exact) mass is 248 g/mol. The van der Waals surface area contributed by atoms with Crippen molar-refractivity contribution in [3.05, 3.63) is 36.5 Å². The number of allylic oxidation sites excluding steroid dienone is 5. The first kappa shape index (κ1) is 16.2. The van der Waals surface area contributed by atoms with Gasteiger partial charge in [-0.05, 0) is 38.0 Å². The fraction of sp³-hybridized carbons (Fsp3) is 0.400. The summed E-state index contributed by atoms with van der Waals surface area (Å²) in [5.41, 5.74) is 0. The van der Waals surface area contributed by atoms with Crippen molar-refractivity contribution in [2.75, 3.05) is 7.11 Å². The van der Waals surface area contributed by atoms with E-state index >= 15 is 0 Å². The number of ether oxygens (including phenoxy) is 1. The van der Waals surface area contributed by atoms with Crippen LogP contribution in [0.25, 0.3) is 0 Å². The highest BCUT2D eigenvalue weighted by atomic mass is 16.5. The molecule has 1 N–H and O–H groups in total. The highest BCUT2D eigenvalue weighted by Gasteiger charge is 2.02. The average Bonchev–Trinajstić information content (AvgIpc) is 2.37. The molecular formula is C15H20O3. The number of hydrogen-bond donors (Lipinski definition) is 1. The van der Waals surface area contributed by atoms with Crippen LogP contribution >= 0.6 is 0 Å². The van der Waals surface area contributed by atoms with E-state index in [2.05, 4.69) is 16.6 Å². The molecule has 98 valence electrons. The third-order valence-electron chi connectivity index (χ3n) is 2.08. The molecule has 0 saturated carbocycles. The summed E-state index contributed by atoms with van der Waals surface area (Å²) >= 11 is 0. The molecule has 0 aromatic heterocycles. The van der Waals surface area contributed by atoms with Crippen LogP contribution in [0.4, 0.5) is 0 Å². The lowest BCUT2D eigenvalue weighted by atomic mass is 10.1. The van der Waals surface area contributed by atoms with Gasteiger partial charge in [-0.2, -0.15) is 0 Å². The first-order chi connectivity index (χ1) is 8.70. The van der Waals surface area contributed by atoms with E-state index in [1.165, 1.54) is 7.11 Å². The standard InChI is InChI=1S/C15H20O3/c1-3-4-5-6-7-8-9-11-14(16)12-10-13-15(17)18-2/h3-6,9,11,14,16H,10,12-13H2,1-2H3/b4-3+,6-5+,11-9+. The fourth-order valence-corrected chi connectivity index (χ4v) is 1.12. The first-order valence-corrected chi connectivity index (χ1v) is 5.91. The Bertz CT molecular complexity index is 367. The zero-order chi connectivity index (χ0) is 13.6. The minimum Gasteiger partial charge on any atom is -0.469 e. The van der Waals surface area contributed by atoms with Gasteiger partial charge in [0.25, 0.3) is 0 Å². The predicted octanol–water partition coefficient (Wildman–Crippen LogP) is 2.38. The van der Waals surface area contributed by atoms with Crippen LogP contribution in [-0.4, -0.2) is 24.3 Å². The number of aliphatic hydroxyl groups excluding tert-OH is 1. The Labute approximate surface area is 109 Å². The second-order valence-electron chi connectivity index (χ2n) is 3.57. The van der Waals surface area contributed by atoms with Crippen LogP contribution in [0, 0.1) is 11.8 Å². The largest absolute Gasteiger partial charge is 0.469 e. The third-order valence-corrected chi connectivity index (χ3v) is 2.08. The third kappa shape index (κ3) is 10.7. The molecule has 0 rings (SSSR count). The van der Waals surface area contributed by atoms with E-state index in [0.29, 0.717) is 19.3 Å². The molecule has 0 aliphatic heterocycles. The van der Waals surface area contributed by atoms with Crippen LogP contribution in [0.15, 0.2) is 36.5 Å². The summed E-state index contributed by atoms with van der Waals surface area (Å²) in [6.45, 7) is 1.93. The van der Waals surface area contributed by atoms with Gasteiger partial charge in [0, 0.05) is 6.42 Å². The maximum absolute atomic E-state index is 10.8. The highest BCUT2D eigenvalue weighted by Crippen LogP contribution is 2.02. The van der Waals surface area contributed by atoms with Crippen molar-refractivity contribution in [1.82, 2.24) is 0 Å². The van der Waals surface area contributed by atoms with Gasteiger partial charge in [-0.3, -0.25) is 4.79 Å². The van der Waals surface area contributed by atoms with E-state index in [1.807, 2.05) is 25.2 Å². The Morgan fingerprint density at radius 2 is 2.06 bits per heavy atom. The summed E-state index contributed by atoms with van der Waals surface area (Å²) in [5, 5.41) is 9.54. The molecule has 3 heteroatoms. The molecular weight excluding hydrogens is 228 g/mol. The quantitative estimate of drug-likeness (QED) is 0.446. The van der Waals surface area contributed by atoms with Gasteiger partial charge < -0.3 is 9.84 Å². The van der Waals surface area contributed by atoms with Gasteiger partial charge in [-0.1, -0.05) is 30.1 Å². The molecule has 0 spiro atoms. The van der Waals surface area contributed by atoms with Crippen LogP contribution in [0.1, 0.15) is 26.2 Å². The van der Waals surface area contributed by atoms with Gasteiger partial charge in [0.2, 0.25) is 0 Å². The van der Waals surface area contributed by atoms with Crippen LogP contribution in [0.2, 0.25) is 0 Å². The van der Waals surface area contributed by atoms with Crippen molar-refractivity contribution < 1.29 is 14.6 Å². The van der Waals surface area contributed by atoms with E-state index in [4.69, 9.17) is 0 Å². The zero-order valence-corrected chi connectivity index (χ0v) is 10.9. The van der Waals surface area contributed by atoms with Crippen molar-refractivity contribution >= 4 is 5.97 Å². The fourth-order valence-electron chi connectivity index (χ4n) is 1.12. The summed E-state index contributed by atoms with van der Waals surface area (Å²) < 4.78 is 4.50. The minimum absolute atomic E-state index is 0.250. The van der Waals surface area contributed by atoms with Crippen LogP contribution in [-0.2, 0) is 9.53 Å². The molecule has 0 bridgehead atoms. The predicted molar refractivity (Wildman–Crippen MR) is 72.7 cm³/mol. The second-order valence-corrected chi connectivity index (χ2v) is 3.57. The number of carbonyl (C=O) groups excluding carboxylic acids is 1. The Morgan fingerprint density at radius 3 is 2.72 bits per heavy atom. The van der Waals surface area contributed by atoms with Crippen molar-refractivity contribution in [3.63, 3.8) is 0 Å². The van der Waals surface area contributed by atoms with Crippen molar-refractivity contribution in [1.29, 1.82) is 0 Å². The van der Waals surface area contributed by atoms with Crippen molar-refractivity contribution in [3.8, 4) is 11.8 Å². The van der Waals surface area contributed by atoms with E-state index in [1.54, 1.807) is 18.2 Å². The van der Waals surface area contributed by atoms with Gasteiger partial charge >= 0.3 is 5.97 Å². The summed E-state index contributed by atoms with van der Waals surface area (Å²) in [6, 6.07) is 0. The maximum atomic E-state index is 10.8. The van der Waals surface area contributed by atoms with Crippen molar-refractivity contribution in [2.45, 2.75) is 32.3 Å². The summed E-state index contributed by atoms with van der Waals surface area (Å²) in [7, 11) is 1.36. The van der Waals surface area contributed by atoms with Crippen LogP contribution in [0.5, 0.6) is 0 Å². The lowest BCUT2D eigenvalue weighted by molar-refractivity contribution is -0.140. The average molecular weight is 248 g/mol. The van der Waals surface area contributed by atoms with E-state index in [-0.39, 0.29) is 5.97 Å². The molecule has 0 aliphatic rings. The summed E-state index contributed by atoms with van der Waals surface area (Å²) in [6.07, 6.45) is 11.5. The zero-order valence-electron chi connectivity index (χ0n) is 10.9. The lowest BCUT2D eigenvalue weighted by Crippen LogP contribution is -2.05. The Hall–Kier alpha value is -1.79. The van der Waals surface area contributed by atoms with Gasteiger partial charge in [0.15, 0.2) is 0 Å². The van der Waals surface area contributed by atoms with Gasteiger partial charge in [0.05, 0.1) is 13.2 Å². The number of hydrogen-bond acceptors (Lipinski definition) is 3. The minimum atomic E-state index is -0.566. The second kappa shape index (κ2) is 11.7. The topological polar surface area (TPSA) is 46.5 Å². The smallest absolute Gasteiger partial charge is 0.305 e. The molecule has 0 amide bonds. The Balaban J connectivity index is 3.80. The molecule has 0 aromatic carbocycles. The van der Waals surface area contributed by atoms with Crippen LogP contribution < -0.4 is 0 Å². The first-order valence-electron chi connectivity index (χ1n) is 5.91. The Kier molecular flexibility index (Phi) is 10.5. The lowest BCUT2D eigenvalue weighted by Gasteiger charge is -2.03. The summed E-state index contributed by atoms with van der Waals surface area (Å²) in [4.78, 5) is 10.8. The molecule has 0 heterocycles. The molecule has 3 nitrogen and oxygen atoms in total. The summed E-state index contributed by atoms with van der Waals surface area (Å²) in [5.74, 6) is 5.34. The maximum Gasteiger partial charge on any atom is 0.305 e. The highest BCUT2D eigenvalue weighted by molar-refractivity contribution is 5.68. The molecule has 1 unspecified atom stereocenters. The van der Waals surface area contributed by atoms with E-state index in [0.717, 1.165) is 0 Å². The number of esters is 1. The molecule has 1 atom stereocenters. The normalized spacial score (nSPS) is 12.8. The van der Waals surface area contributed by atoms with Crippen LogP contribution in [0.3, 0.4) is 0 Å². The van der Waals surface area contributed by atoms with Crippen molar-refractivity contribution in [2.24, 2.45) is 0 Å². The molecule has 0 saturated heterocycles. The van der Waals surface area contributed by atoms with E-state index < -0.39 is 6.10 Å². The van der Waals surface area contributed by atoms with Gasteiger partial charge in [-0.15, -0.1) is 0 Å². The number of rotatable bonds is 6. The number of methoxy groups -OCH3 is 1. The molecule has 18 heavy (non-hydrogen) atoms. The number of carbonyl (C=O) groups is 1.